The quantitative estimate of drug-likeness (QED) is 0.0876. The van der Waals surface area contributed by atoms with Crippen molar-refractivity contribution in [3.05, 3.63) is 64.4 Å². The van der Waals surface area contributed by atoms with E-state index in [1.165, 1.54) is 49.9 Å². The van der Waals surface area contributed by atoms with Crippen LogP contribution in [0.2, 0.25) is 0 Å². The number of hydrogen-bond donors (Lipinski definition) is 6. The molecule has 3 rings (SSSR count). The van der Waals surface area contributed by atoms with E-state index in [1.807, 2.05) is 0 Å². The zero-order valence-electron chi connectivity index (χ0n) is 22.6. The van der Waals surface area contributed by atoms with Gasteiger partial charge in [-0.1, -0.05) is 6.07 Å². The fourth-order valence-electron chi connectivity index (χ4n) is 3.68. The molecule has 1 aromatic heterocycles. The molecule has 0 saturated carbocycles. The summed E-state index contributed by atoms with van der Waals surface area (Å²) in [5, 5.41) is 16.0. The number of thiophene rings is 1. The average Bonchev–Trinajstić information content (AvgIpc) is 3.41. The smallest absolute Gasteiger partial charge is 0.326 e. The summed E-state index contributed by atoms with van der Waals surface area (Å²) in [6.07, 6.45) is 0.331. The molecule has 224 valence electrons. The Morgan fingerprint density at radius 1 is 1.02 bits per heavy atom. The molecular weight excluding hydrogens is 588 g/mol. The van der Waals surface area contributed by atoms with Crippen LogP contribution < -0.4 is 36.3 Å². The van der Waals surface area contributed by atoms with Crippen molar-refractivity contribution in [2.24, 2.45) is 16.5 Å². The van der Waals surface area contributed by atoms with Gasteiger partial charge in [0.2, 0.25) is 0 Å². The van der Waals surface area contributed by atoms with Crippen LogP contribution in [0.3, 0.4) is 0 Å². The number of methoxy groups -OCH3 is 2. The van der Waals surface area contributed by atoms with Crippen LogP contribution in [-0.2, 0) is 14.8 Å². The van der Waals surface area contributed by atoms with Gasteiger partial charge in [0.05, 0.1) is 24.8 Å². The van der Waals surface area contributed by atoms with Gasteiger partial charge < -0.3 is 36.7 Å². The number of nitrogens with zero attached hydrogens (tertiary/aromatic N) is 1. The average molecular weight is 619 g/mol. The minimum absolute atomic E-state index is 0.0441. The molecule has 16 heteroatoms. The van der Waals surface area contributed by atoms with E-state index in [-0.39, 0.29) is 46.4 Å². The maximum atomic E-state index is 13.2. The number of hydrogen-bond acceptors (Lipinski definition) is 9. The summed E-state index contributed by atoms with van der Waals surface area (Å²) in [7, 11) is -1.32. The SMILES string of the molecule is COc1ccc(NC(=O)c2cccc(S(=O)(=O)Nc3ccsc3C(=O)N[C@@H](CCCN=C(N)N)C(=O)O)c2)cc1OC. The molecule has 0 aliphatic heterocycles. The van der Waals surface area contributed by atoms with Crippen molar-refractivity contribution < 1.29 is 37.4 Å². The molecule has 0 radical (unpaired) electrons. The molecule has 0 fully saturated rings. The summed E-state index contributed by atoms with van der Waals surface area (Å²) < 4.78 is 39.1. The lowest BCUT2D eigenvalue weighted by molar-refractivity contribution is -0.139. The molecule has 1 atom stereocenters. The predicted octanol–water partition coefficient (Wildman–Crippen LogP) is 2.06. The van der Waals surface area contributed by atoms with Gasteiger partial charge in [-0.25, -0.2) is 13.2 Å². The maximum absolute atomic E-state index is 13.2. The van der Waals surface area contributed by atoms with Crippen LogP contribution in [0.15, 0.2) is 63.8 Å². The molecule has 0 aliphatic rings. The largest absolute Gasteiger partial charge is 0.493 e. The summed E-state index contributed by atoms with van der Waals surface area (Å²) in [5.74, 6) is -1.89. The first-order valence-electron chi connectivity index (χ1n) is 12.3. The molecule has 0 unspecified atom stereocenters. The highest BCUT2D eigenvalue weighted by atomic mass is 32.2. The zero-order valence-corrected chi connectivity index (χ0v) is 24.3. The van der Waals surface area contributed by atoms with Crippen molar-refractivity contribution in [2.45, 2.75) is 23.8 Å². The molecule has 0 saturated heterocycles. The third-order valence-corrected chi connectivity index (χ3v) is 7.99. The van der Waals surface area contributed by atoms with E-state index in [4.69, 9.17) is 20.9 Å². The number of ether oxygens (including phenoxy) is 2. The van der Waals surface area contributed by atoms with Crippen molar-refractivity contribution >= 4 is 56.5 Å². The Hall–Kier alpha value is -4.83. The number of carboxylic acids is 1. The van der Waals surface area contributed by atoms with Gasteiger partial charge in [0.25, 0.3) is 21.8 Å². The first-order chi connectivity index (χ1) is 19.9. The summed E-state index contributed by atoms with van der Waals surface area (Å²) in [5.41, 5.74) is 10.9. The van der Waals surface area contributed by atoms with Gasteiger partial charge in [0, 0.05) is 23.9 Å². The molecule has 2 aromatic carbocycles. The van der Waals surface area contributed by atoms with Crippen LogP contribution >= 0.6 is 11.3 Å². The Morgan fingerprint density at radius 2 is 1.76 bits per heavy atom. The van der Waals surface area contributed by atoms with Gasteiger partial charge >= 0.3 is 5.97 Å². The summed E-state index contributed by atoms with van der Waals surface area (Å²) in [4.78, 5) is 40.9. The summed E-state index contributed by atoms with van der Waals surface area (Å²) in [6.45, 7) is 0.178. The molecular formula is C26H30N6O8S2. The molecule has 1 heterocycles. The number of aliphatic carboxylic acids is 1. The Morgan fingerprint density at radius 3 is 2.43 bits per heavy atom. The van der Waals surface area contributed by atoms with Crippen molar-refractivity contribution in [1.29, 1.82) is 0 Å². The molecule has 8 N–H and O–H groups in total. The Labute approximate surface area is 245 Å². The van der Waals surface area contributed by atoms with Crippen LogP contribution in [0.25, 0.3) is 0 Å². The highest BCUT2D eigenvalue weighted by molar-refractivity contribution is 7.92. The highest BCUT2D eigenvalue weighted by Crippen LogP contribution is 2.30. The maximum Gasteiger partial charge on any atom is 0.326 e. The van der Waals surface area contributed by atoms with Crippen LogP contribution in [0.4, 0.5) is 11.4 Å². The lowest BCUT2D eigenvalue weighted by atomic mass is 10.1. The summed E-state index contributed by atoms with van der Waals surface area (Å²) >= 11 is 0.924. The number of sulfonamides is 1. The van der Waals surface area contributed by atoms with Gasteiger partial charge in [0.1, 0.15) is 10.9 Å². The van der Waals surface area contributed by atoms with Crippen LogP contribution in [-0.4, -0.2) is 64.1 Å². The van der Waals surface area contributed by atoms with Gasteiger partial charge in [-0.2, -0.15) is 0 Å². The summed E-state index contributed by atoms with van der Waals surface area (Å²) in [6, 6.07) is 10.2. The molecule has 14 nitrogen and oxygen atoms in total. The number of carbonyl (C=O) groups excluding carboxylic acids is 2. The Bertz CT molecular complexity index is 1580. The number of amides is 2. The molecule has 42 heavy (non-hydrogen) atoms. The van der Waals surface area contributed by atoms with Gasteiger partial charge in [-0.3, -0.25) is 19.3 Å². The lowest BCUT2D eigenvalue weighted by Crippen LogP contribution is -2.40. The second kappa shape index (κ2) is 14.2. The monoisotopic (exact) mass is 618 g/mol. The minimum Gasteiger partial charge on any atom is -0.493 e. The van der Waals surface area contributed by atoms with Crippen molar-refractivity contribution in [3.63, 3.8) is 0 Å². The second-order valence-corrected chi connectivity index (χ2v) is 11.2. The Balaban J connectivity index is 1.73. The van der Waals surface area contributed by atoms with Gasteiger partial charge in [0.15, 0.2) is 17.5 Å². The minimum atomic E-state index is -4.25. The molecule has 0 spiro atoms. The number of carbonyl (C=O) groups is 3. The van der Waals surface area contributed by atoms with Gasteiger partial charge in [-0.05, 0) is 54.6 Å². The van der Waals surface area contributed by atoms with E-state index in [1.54, 1.807) is 18.2 Å². The van der Waals surface area contributed by atoms with E-state index in [9.17, 15) is 27.9 Å². The standard InChI is InChI=1S/C26H30N6O8S2/c1-39-20-9-8-16(14-21(20)40-2)30-23(33)15-5-3-6-17(13-15)42(37,38)32-18-10-12-41-22(18)24(34)31-19(25(35)36)7-4-11-29-26(27)28/h3,5-6,8-10,12-14,19,32H,4,7,11H2,1-2H3,(H,30,33)(H,31,34)(H,35,36)(H4,27,28,29)/t19-/m0/s1. The molecule has 3 aromatic rings. The van der Waals surface area contributed by atoms with E-state index in [2.05, 4.69) is 20.3 Å². The van der Waals surface area contributed by atoms with E-state index < -0.39 is 33.8 Å². The lowest BCUT2D eigenvalue weighted by Gasteiger charge is -2.15. The number of benzene rings is 2. The predicted molar refractivity (Wildman–Crippen MR) is 158 cm³/mol. The number of nitrogens with one attached hydrogen (secondary N) is 3. The first-order valence-corrected chi connectivity index (χ1v) is 14.6. The first kappa shape index (κ1) is 31.7. The van der Waals surface area contributed by atoms with Gasteiger partial charge in [-0.15, -0.1) is 11.3 Å². The van der Waals surface area contributed by atoms with Crippen LogP contribution in [0.5, 0.6) is 11.5 Å². The molecule has 0 bridgehead atoms. The fraction of sp³-hybridized carbons (Fsp3) is 0.231. The fourth-order valence-corrected chi connectivity index (χ4v) is 5.61. The van der Waals surface area contributed by atoms with E-state index in [0.29, 0.717) is 17.2 Å². The van der Waals surface area contributed by atoms with Crippen LogP contribution in [0.1, 0.15) is 32.9 Å². The van der Waals surface area contributed by atoms with E-state index in [0.717, 1.165) is 11.3 Å². The third-order valence-electron chi connectivity index (χ3n) is 5.71. The number of rotatable bonds is 14. The Kier molecular flexibility index (Phi) is 10.7. The molecule has 0 aliphatic carbocycles. The van der Waals surface area contributed by atoms with Crippen molar-refractivity contribution in [3.8, 4) is 11.5 Å². The highest BCUT2D eigenvalue weighted by Gasteiger charge is 2.25. The number of anilines is 2. The van der Waals surface area contributed by atoms with Crippen molar-refractivity contribution in [1.82, 2.24) is 5.32 Å². The third kappa shape index (κ3) is 8.34. The van der Waals surface area contributed by atoms with E-state index >= 15 is 0 Å². The number of aliphatic imine (C=N–C) groups is 1. The number of guanidine groups is 1. The van der Waals surface area contributed by atoms with Crippen molar-refractivity contribution in [2.75, 3.05) is 30.8 Å². The van der Waals surface area contributed by atoms with Crippen LogP contribution in [0, 0.1) is 0 Å². The number of carboxylic acid groups (broad SMARTS) is 1. The topological polar surface area (TPSA) is 225 Å². The number of nitrogens with two attached hydrogens (primary N) is 2. The molecule has 2 amide bonds. The zero-order chi connectivity index (χ0) is 30.9. The normalized spacial score (nSPS) is 11.6. The second-order valence-electron chi connectivity index (χ2n) is 8.63.